The summed E-state index contributed by atoms with van der Waals surface area (Å²) in [5.41, 5.74) is 4.61. The Morgan fingerprint density at radius 2 is 1.66 bits per heavy atom. The number of carbonyl (C=O) groups excluding carboxylic acids is 1. The van der Waals surface area contributed by atoms with Crippen molar-refractivity contribution in [3.05, 3.63) is 95.8 Å². The number of piperidine rings is 1. The molecule has 1 aliphatic heterocycles. The van der Waals surface area contributed by atoms with Gasteiger partial charge in [-0.25, -0.2) is 4.79 Å². The number of hydrogen-bond donors (Lipinski definition) is 1. The van der Waals surface area contributed by atoms with E-state index in [9.17, 15) is 9.59 Å². The minimum atomic E-state index is -0.934. The van der Waals surface area contributed by atoms with E-state index < -0.39 is 5.97 Å². The molecule has 0 saturated carbocycles. The predicted octanol–water partition coefficient (Wildman–Crippen LogP) is 6.24. The van der Waals surface area contributed by atoms with Crippen LogP contribution >= 0.6 is 0 Å². The zero-order valence-corrected chi connectivity index (χ0v) is 22.3. The summed E-state index contributed by atoms with van der Waals surface area (Å²) < 4.78 is 0. The molecule has 38 heavy (non-hydrogen) atoms. The molecule has 1 saturated heterocycles. The molecule has 0 atom stereocenters. The molecule has 4 rings (SSSR count). The Morgan fingerprint density at radius 3 is 2.18 bits per heavy atom. The van der Waals surface area contributed by atoms with E-state index in [0.29, 0.717) is 18.2 Å². The highest BCUT2D eigenvalue weighted by Crippen LogP contribution is 2.25. The van der Waals surface area contributed by atoms with Crippen LogP contribution in [0.25, 0.3) is 17.2 Å². The van der Waals surface area contributed by atoms with Gasteiger partial charge >= 0.3 is 5.97 Å². The molecule has 1 aromatic heterocycles. The molecule has 2 heterocycles. The molecule has 0 unspecified atom stereocenters. The van der Waals surface area contributed by atoms with E-state index in [1.807, 2.05) is 47.4 Å². The van der Waals surface area contributed by atoms with Gasteiger partial charge in [-0.15, -0.1) is 0 Å². The van der Waals surface area contributed by atoms with Crippen LogP contribution in [0, 0.1) is 5.92 Å². The topological polar surface area (TPSA) is 73.7 Å². The molecule has 1 aliphatic rings. The van der Waals surface area contributed by atoms with Crippen LogP contribution in [0.3, 0.4) is 0 Å². The number of rotatable bonds is 10. The summed E-state index contributed by atoms with van der Waals surface area (Å²) in [4.78, 5) is 33.8. The second-order valence-corrected chi connectivity index (χ2v) is 10.4. The average molecular weight is 512 g/mol. The first-order valence-corrected chi connectivity index (χ1v) is 13.4. The molecule has 198 valence electrons. The van der Waals surface area contributed by atoms with E-state index in [-0.39, 0.29) is 17.5 Å². The Hall–Kier alpha value is -3.77. The molecule has 1 N–H and O–H groups in total. The van der Waals surface area contributed by atoms with Gasteiger partial charge in [0, 0.05) is 31.9 Å². The lowest BCUT2D eigenvalue weighted by Gasteiger charge is -2.38. The number of carbonyl (C=O) groups is 2. The first-order chi connectivity index (χ1) is 18.3. The van der Waals surface area contributed by atoms with E-state index in [2.05, 4.69) is 30.3 Å². The molecule has 0 radical (unpaired) electrons. The smallest absolute Gasteiger partial charge is 0.335 e. The van der Waals surface area contributed by atoms with Crippen molar-refractivity contribution in [1.29, 1.82) is 0 Å². The lowest BCUT2D eigenvalue weighted by Crippen LogP contribution is -2.47. The zero-order chi connectivity index (χ0) is 27.1. The van der Waals surface area contributed by atoms with Crippen LogP contribution in [0.15, 0.2) is 73.4 Å². The van der Waals surface area contributed by atoms with Crippen LogP contribution in [-0.4, -0.2) is 57.4 Å². The van der Waals surface area contributed by atoms with Crippen LogP contribution in [0.5, 0.6) is 0 Å². The van der Waals surface area contributed by atoms with Gasteiger partial charge in [0.05, 0.1) is 5.56 Å². The molecule has 1 amide bonds. The van der Waals surface area contributed by atoms with Crippen molar-refractivity contribution in [2.45, 2.75) is 45.7 Å². The summed E-state index contributed by atoms with van der Waals surface area (Å²) in [6.07, 6.45) is 6.50. The van der Waals surface area contributed by atoms with Gasteiger partial charge in [0.2, 0.25) is 0 Å². The molecule has 6 nitrogen and oxygen atoms in total. The second kappa shape index (κ2) is 12.7. The van der Waals surface area contributed by atoms with E-state index in [1.54, 1.807) is 30.5 Å². The number of carboxylic acids is 1. The van der Waals surface area contributed by atoms with E-state index in [4.69, 9.17) is 5.11 Å². The highest BCUT2D eigenvalue weighted by Gasteiger charge is 2.29. The van der Waals surface area contributed by atoms with Crippen molar-refractivity contribution in [1.82, 2.24) is 14.8 Å². The van der Waals surface area contributed by atoms with Gasteiger partial charge in [-0.2, -0.15) is 0 Å². The Balaban J connectivity index is 1.51. The third kappa shape index (κ3) is 6.95. The lowest BCUT2D eigenvalue weighted by atomic mass is 9.99. The number of nitrogens with zero attached hydrogens (tertiary/aromatic N) is 3. The van der Waals surface area contributed by atoms with Gasteiger partial charge in [-0.3, -0.25) is 9.78 Å². The fourth-order valence-electron chi connectivity index (χ4n) is 4.87. The molecule has 6 heteroatoms. The monoisotopic (exact) mass is 511 g/mol. The molecular formula is C32H37N3O3. The average Bonchev–Trinajstić information content (AvgIpc) is 2.95. The van der Waals surface area contributed by atoms with Crippen LogP contribution in [0.1, 0.15) is 65.1 Å². The molecule has 3 aromatic rings. The summed E-state index contributed by atoms with van der Waals surface area (Å²) in [6.45, 7) is 11.9. The number of benzene rings is 2. The fourth-order valence-corrected chi connectivity index (χ4v) is 4.87. The summed E-state index contributed by atoms with van der Waals surface area (Å²) in [7, 11) is 0. The number of aromatic nitrogens is 1. The highest BCUT2D eigenvalue weighted by atomic mass is 16.4. The largest absolute Gasteiger partial charge is 0.478 e. The molecule has 0 spiro atoms. The van der Waals surface area contributed by atoms with Gasteiger partial charge in [0.15, 0.2) is 0 Å². The maximum absolute atomic E-state index is 13.7. The Morgan fingerprint density at radius 1 is 1.03 bits per heavy atom. The van der Waals surface area contributed by atoms with Gasteiger partial charge < -0.3 is 14.9 Å². The molecular weight excluding hydrogens is 474 g/mol. The van der Waals surface area contributed by atoms with E-state index >= 15 is 0 Å². The molecule has 0 bridgehead atoms. The van der Waals surface area contributed by atoms with Crippen LogP contribution in [-0.2, 0) is 6.54 Å². The van der Waals surface area contributed by atoms with Gasteiger partial charge in [-0.1, -0.05) is 69.0 Å². The Bertz CT molecular complexity index is 1230. The van der Waals surface area contributed by atoms with Crippen LogP contribution < -0.4 is 0 Å². The van der Waals surface area contributed by atoms with Crippen LogP contribution in [0.4, 0.5) is 0 Å². The summed E-state index contributed by atoms with van der Waals surface area (Å²) >= 11 is 0. The number of carboxylic acid groups (broad SMARTS) is 1. The maximum atomic E-state index is 13.7. The van der Waals surface area contributed by atoms with Gasteiger partial charge in [0.1, 0.15) is 5.69 Å². The van der Waals surface area contributed by atoms with Crippen molar-refractivity contribution in [3.63, 3.8) is 0 Å². The number of aromatic carboxylic acids is 1. The number of amides is 1. The maximum Gasteiger partial charge on any atom is 0.335 e. The number of hydrogen-bond acceptors (Lipinski definition) is 4. The van der Waals surface area contributed by atoms with Crippen molar-refractivity contribution >= 4 is 18.0 Å². The van der Waals surface area contributed by atoms with Crippen molar-refractivity contribution < 1.29 is 14.7 Å². The molecule has 0 aliphatic carbocycles. The van der Waals surface area contributed by atoms with Crippen LogP contribution in [0.2, 0.25) is 0 Å². The minimum Gasteiger partial charge on any atom is -0.478 e. The number of pyridine rings is 1. The summed E-state index contributed by atoms with van der Waals surface area (Å²) in [5.74, 6) is -0.292. The quantitative estimate of drug-likeness (QED) is 0.349. The van der Waals surface area contributed by atoms with Gasteiger partial charge in [-0.05, 0) is 72.2 Å². The third-order valence-corrected chi connectivity index (χ3v) is 7.29. The summed E-state index contributed by atoms with van der Waals surface area (Å²) in [5, 5.41) is 9.15. The predicted molar refractivity (Wildman–Crippen MR) is 152 cm³/mol. The normalized spacial score (nSPS) is 14.4. The molecule has 2 aromatic carbocycles. The third-order valence-electron chi connectivity index (χ3n) is 7.29. The van der Waals surface area contributed by atoms with Gasteiger partial charge in [0.25, 0.3) is 5.91 Å². The second-order valence-electron chi connectivity index (χ2n) is 10.4. The number of likely N-dealkylation sites (tertiary alicyclic amines) is 1. The minimum absolute atomic E-state index is 0.0467. The Labute approximate surface area is 225 Å². The zero-order valence-electron chi connectivity index (χ0n) is 22.3. The highest BCUT2D eigenvalue weighted by molar-refractivity contribution is 5.92. The fraction of sp³-hybridized carbons (Fsp3) is 0.344. The van der Waals surface area contributed by atoms with Crippen molar-refractivity contribution in [3.8, 4) is 11.1 Å². The lowest BCUT2D eigenvalue weighted by molar-refractivity contribution is 0.0540. The summed E-state index contributed by atoms with van der Waals surface area (Å²) in [6, 6.07) is 18.8. The van der Waals surface area contributed by atoms with Crippen molar-refractivity contribution in [2.24, 2.45) is 5.92 Å². The van der Waals surface area contributed by atoms with Crippen molar-refractivity contribution in [2.75, 3.05) is 19.6 Å². The SMILES string of the molecule is C=Cc1ccc(C(=O)N(Cc2ccc(-c3ccc(C(=O)O)cc3)cc2)C2CCN(CCC(C)C)CC2)nc1. The first-order valence-electron chi connectivity index (χ1n) is 13.4. The standard InChI is InChI=1S/C32H37N3O3/c1-4-24-7-14-30(33-21-24)31(36)35(29-16-19-34(20-17-29)18-15-23(2)3)22-25-5-8-26(9-6-25)27-10-12-28(13-11-27)32(37)38/h4-14,21,23,29H,1,15-20,22H2,2-3H3,(H,37,38). The first kappa shape index (κ1) is 27.3. The Kier molecular flexibility index (Phi) is 9.08. The van der Waals surface area contributed by atoms with E-state index in [0.717, 1.165) is 54.7 Å². The molecule has 1 fully saturated rings. The van der Waals surface area contributed by atoms with E-state index in [1.165, 1.54) is 6.42 Å².